The number of carbonyl (C=O) groups is 3. The van der Waals surface area contributed by atoms with Crippen LogP contribution >= 0.6 is 22.6 Å². The summed E-state index contributed by atoms with van der Waals surface area (Å²) in [6.07, 6.45) is -1.44. The summed E-state index contributed by atoms with van der Waals surface area (Å²) >= 11 is 2.00. The van der Waals surface area contributed by atoms with E-state index in [1.807, 2.05) is 29.5 Å². The maximum atomic E-state index is 11.8. The first kappa shape index (κ1) is 24.1. The summed E-state index contributed by atoms with van der Waals surface area (Å²) in [6, 6.07) is 0. The van der Waals surface area contributed by atoms with Gasteiger partial charge in [-0.1, -0.05) is 6.92 Å². The number of halogens is 1. The number of rotatable bonds is 8. The lowest BCUT2D eigenvalue weighted by molar-refractivity contribution is -0.166. The Morgan fingerprint density at radius 2 is 1.81 bits per heavy atom. The predicted molar refractivity (Wildman–Crippen MR) is 118 cm³/mol. The summed E-state index contributed by atoms with van der Waals surface area (Å²) in [5.41, 5.74) is 0.955. The molecule has 0 spiro atoms. The van der Waals surface area contributed by atoms with E-state index in [2.05, 4.69) is 20.3 Å². The summed E-state index contributed by atoms with van der Waals surface area (Å²) < 4.78 is 24.1. The number of nitrogens with one attached hydrogen (secondary N) is 1. The molecular weight excluding hydrogens is 537 g/mol. The molecule has 2 aromatic heterocycles. The van der Waals surface area contributed by atoms with Gasteiger partial charge in [0.05, 0.1) is 6.33 Å². The van der Waals surface area contributed by atoms with E-state index in [0.717, 1.165) is 6.42 Å². The van der Waals surface area contributed by atoms with Crippen LogP contribution in [0.4, 0.5) is 5.82 Å². The van der Waals surface area contributed by atoms with Gasteiger partial charge in [-0.25, -0.2) is 15.0 Å². The van der Waals surface area contributed by atoms with Crippen molar-refractivity contribution in [1.82, 2.24) is 19.5 Å². The molecule has 1 saturated heterocycles. The molecule has 13 heteroatoms. The minimum absolute atomic E-state index is 0.190. The lowest BCUT2D eigenvalue weighted by atomic mass is 10.1. The molecule has 1 fully saturated rings. The summed E-state index contributed by atoms with van der Waals surface area (Å²) in [5, 5.41) is 3.22. The van der Waals surface area contributed by atoms with Gasteiger partial charge in [-0.05, 0) is 6.42 Å². The average molecular weight is 561 g/mol. The number of ether oxygens (including phenoxy) is 4. The van der Waals surface area contributed by atoms with E-state index in [9.17, 15) is 14.4 Å². The number of esters is 3. The molecule has 4 atom stereocenters. The zero-order chi connectivity index (χ0) is 23.4. The van der Waals surface area contributed by atoms with Crippen LogP contribution in [0.1, 0.15) is 40.3 Å². The Morgan fingerprint density at radius 3 is 2.44 bits per heavy atom. The van der Waals surface area contributed by atoms with Gasteiger partial charge in [0.25, 0.3) is 0 Å². The Morgan fingerprint density at radius 1 is 1.12 bits per heavy atom. The molecule has 1 aliphatic rings. The third-order valence-electron chi connectivity index (χ3n) is 4.55. The van der Waals surface area contributed by atoms with Gasteiger partial charge in [-0.15, -0.1) is 0 Å². The fourth-order valence-corrected chi connectivity index (χ4v) is 3.83. The number of aromatic nitrogens is 4. The molecule has 32 heavy (non-hydrogen) atoms. The van der Waals surface area contributed by atoms with Crippen molar-refractivity contribution in [3.8, 4) is 0 Å². The average Bonchev–Trinajstić information content (AvgIpc) is 3.25. The van der Waals surface area contributed by atoms with Crippen LogP contribution in [0, 0.1) is 3.83 Å². The third-order valence-corrected chi connectivity index (χ3v) is 5.03. The van der Waals surface area contributed by atoms with Crippen molar-refractivity contribution in [1.29, 1.82) is 0 Å². The van der Waals surface area contributed by atoms with Crippen LogP contribution in [0.5, 0.6) is 0 Å². The third kappa shape index (κ3) is 5.43. The van der Waals surface area contributed by atoms with Crippen molar-refractivity contribution in [3.63, 3.8) is 0 Å². The van der Waals surface area contributed by atoms with Gasteiger partial charge in [0.1, 0.15) is 12.7 Å². The van der Waals surface area contributed by atoms with Crippen LogP contribution in [0.2, 0.25) is 0 Å². The Labute approximate surface area is 197 Å². The molecule has 3 rings (SSSR count). The zero-order valence-corrected chi connectivity index (χ0v) is 20.2. The minimum atomic E-state index is -1.02. The van der Waals surface area contributed by atoms with Crippen molar-refractivity contribution in [2.24, 2.45) is 0 Å². The monoisotopic (exact) mass is 561 g/mol. The Hall–Kier alpha value is -2.55. The lowest BCUT2D eigenvalue weighted by Crippen LogP contribution is -2.40. The van der Waals surface area contributed by atoms with Crippen LogP contribution in [0.25, 0.3) is 11.2 Å². The summed E-state index contributed by atoms with van der Waals surface area (Å²) in [7, 11) is 0. The zero-order valence-electron chi connectivity index (χ0n) is 18.0. The van der Waals surface area contributed by atoms with Gasteiger partial charge in [0.15, 0.2) is 39.2 Å². The van der Waals surface area contributed by atoms with Crippen LogP contribution in [-0.4, -0.2) is 68.9 Å². The topological polar surface area (TPSA) is 144 Å². The largest absolute Gasteiger partial charge is 0.463 e. The van der Waals surface area contributed by atoms with E-state index < -0.39 is 42.4 Å². The van der Waals surface area contributed by atoms with E-state index in [1.54, 1.807) is 4.57 Å². The molecule has 0 aliphatic carbocycles. The second kappa shape index (κ2) is 10.4. The molecule has 3 heterocycles. The van der Waals surface area contributed by atoms with Gasteiger partial charge in [-0.2, -0.15) is 0 Å². The second-order valence-electron chi connectivity index (χ2n) is 7.11. The van der Waals surface area contributed by atoms with Gasteiger partial charge in [-0.3, -0.25) is 19.0 Å². The number of hydrogen-bond acceptors (Lipinski definition) is 11. The van der Waals surface area contributed by atoms with Crippen molar-refractivity contribution < 1.29 is 33.3 Å². The second-order valence-corrected chi connectivity index (χ2v) is 8.07. The first-order valence-corrected chi connectivity index (χ1v) is 11.1. The number of hydrogen-bond donors (Lipinski definition) is 1. The standard InChI is InChI=1S/C19H24IN5O7/c1-5-6-21-16-13-17(24-19(20)23-16)25(8-22-13)18-15(31-11(4)28)14(30-10(3)27)12(32-18)7-29-9(2)26/h8,12,14-15,18H,5-7H2,1-4H3,(H,21,23,24)/t12-,14-,15-,18-/m1/s1. The summed E-state index contributed by atoms with van der Waals surface area (Å²) in [5.74, 6) is -1.14. The van der Waals surface area contributed by atoms with E-state index in [-0.39, 0.29) is 6.61 Å². The summed E-state index contributed by atoms with van der Waals surface area (Å²) in [4.78, 5) is 48.2. The molecule has 174 valence electrons. The lowest BCUT2D eigenvalue weighted by Gasteiger charge is -2.23. The molecule has 0 bridgehead atoms. The van der Waals surface area contributed by atoms with Crippen LogP contribution < -0.4 is 5.32 Å². The number of nitrogens with zero attached hydrogens (tertiary/aromatic N) is 4. The molecule has 1 aliphatic heterocycles. The predicted octanol–water partition coefficient (Wildman–Crippen LogP) is 1.58. The van der Waals surface area contributed by atoms with E-state index >= 15 is 0 Å². The van der Waals surface area contributed by atoms with Crippen LogP contribution in [0.3, 0.4) is 0 Å². The molecule has 0 saturated carbocycles. The molecule has 12 nitrogen and oxygen atoms in total. The molecule has 1 N–H and O–H groups in total. The number of carbonyl (C=O) groups excluding carboxylic acids is 3. The maximum Gasteiger partial charge on any atom is 0.303 e. The van der Waals surface area contributed by atoms with Crippen LogP contribution in [0.15, 0.2) is 6.33 Å². The number of anilines is 1. The van der Waals surface area contributed by atoms with Crippen molar-refractivity contribution in [2.75, 3.05) is 18.5 Å². The van der Waals surface area contributed by atoms with Gasteiger partial charge < -0.3 is 24.3 Å². The highest BCUT2D eigenvalue weighted by molar-refractivity contribution is 14.1. The highest BCUT2D eigenvalue weighted by Crippen LogP contribution is 2.36. The Balaban J connectivity index is 2.04. The highest BCUT2D eigenvalue weighted by atomic mass is 127. The summed E-state index contributed by atoms with van der Waals surface area (Å²) in [6.45, 7) is 6.27. The first-order valence-electron chi connectivity index (χ1n) is 9.98. The van der Waals surface area contributed by atoms with E-state index in [4.69, 9.17) is 18.9 Å². The fraction of sp³-hybridized carbons (Fsp3) is 0.579. The molecule has 0 amide bonds. The number of imidazole rings is 1. The molecule has 0 radical (unpaired) electrons. The van der Waals surface area contributed by atoms with E-state index in [0.29, 0.717) is 27.4 Å². The Bertz CT molecular complexity index is 1010. The van der Waals surface area contributed by atoms with Gasteiger partial charge in [0.2, 0.25) is 0 Å². The van der Waals surface area contributed by atoms with Crippen molar-refractivity contribution in [2.45, 2.75) is 58.7 Å². The normalized spacial score (nSPS) is 22.5. The molecule has 0 unspecified atom stereocenters. The fourth-order valence-electron chi connectivity index (χ4n) is 3.36. The number of fused-ring (bicyclic) bond motifs is 1. The van der Waals surface area contributed by atoms with Gasteiger partial charge in [0, 0.05) is 49.9 Å². The van der Waals surface area contributed by atoms with E-state index in [1.165, 1.54) is 27.1 Å². The maximum absolute atomic E-state index is 11.8. The Kier molecular flexibility index (Phi) is 7.82. The first-order chi connectivity index (χ1) is 15.2. The molecule has 2 aromatic rings. The van der Waals surface area contributed by atoms with Crippen LogP contribution in [-0.2, 0) is 33.3 Å². The highest BCUT2D eigenvalue weighted by Gasteiger charge is 2.51. The smallest absolute Gasteiger partial charge is 0.303 e. The van der Waals surface area contributed by atoms with Gasteiger partial charge >= 0.3 is 17.9 Å². The quantitative estimate of drug-likeness (QED) is 0.217. The minimum Gasteiger partial charge on any atom is -0.463 e. The van der Waals surface area contributed by atoms with Crippen molar-refractivity contribution in [3.05, 3.63) is 10.2 Å². The van der Waals surface area contributed by atoms with Crippen molar-refractivity contribution >= 4 is 57.5 Å². The molecular formula is C19H24IN5O7. The molecule has 0 aromatic carbocycles. The SMILES string of the molecule is CCCNc1nc(I)nc2c1ncn2[C@@H]1O[C@H](COC(C)=O)[C@@H](OC(C)=O)[C@H]1OC(C)=O.